The molecule has 2 saturated heterocycles. The topological polar surface area (TPSA) is 367 Å². The molecule has 0 spiro atoms. The highest BCUT2D eigenvalue weighted by Crippen LogP contribution is 2.35. The number of rotatable bonds is 5. The Labute approximate surface area is 438 Å². The Hall–Kier alpha value is -4.95. The van der Waals surface area contributed by atoms with Gasteiger partial charge in [0.1, 0.15) is 12.2 Å². The van der Waals surface area contributed by atoms with Gasteiger partial charge in [0.15, 0.2) is 12.1 Å². The first-order valence-electron chi connectivity index (χ1n) is 25.4. The van der Waals surface area contributed by atoms with Gasteiger partial charge >= 0.3 is 12.0 Å². The van der Waals surface area contributed by atoms with Crippen LogP contribution < -0.4 is 22.1 Å². The molecule has 2 fully saturated rings. The van der Waals surface area contributed by atoms with Gasteiger partial charge in [-0.1, -0.05) is 105 Å². The summed E-state index contributed by atoms with van der Waals surface area (Å²) in [5.41, 5.74) is 11.8. The fourth-order valence-corrected chi connectivity index (χ4v) is 8.90. The number of nitrogens with two attached hydrogens (primary N) is 2. The van der Waals surface area contributed by atoms with Crippen molar-refractivity contribution in [1.82, 2.24) is 5.32 Å². The molecule has 1 aromatic carbocycles. The summed E-state index contributed by atoms with van der Waals surface area (Å²) in [6.07, 6.45) is 3.74. The van der Waals surface area contributed by atoms with Crippen molar-refractivity contribution in [2.24, 2.45) is 23.3 Å². The molecule has 19 atom stereocenters. The Morgan fingerprint density at radius 1 is 0.693 bits per heavy atom. The van der Waals surface area contributed by atoms with Gasteiger partial charge in [-0.05, 0) is 51.3 Å². The summed E-state index contributed by atoms with van der Waals surface area (Å²) in [5, 5.41) is 116. The number of fused-ring (bicyclic) bond motifs is 2. The van der Waals surface area contributed by atoms with E-state index in [1.54, 1.807) is 87.6 Å². The van der Waals surface area contributed by atoms with Crippen LogP contribution in [-0.4, -0.2) is 172 Å². The molecule has 1 aromatic rings. The maximum absolute atomic E-state index is 13.5. The second kappa shape index (κ2) is 30.7. The summed E-state index contributed by atoms with van der Waals surface area (Å²) in [5.74, 6) is -4.56. The molecule has 3 amide bonds. The fourth-order valence-electron chi connectivity index (χ4n) is 8.90. The number of carbonyl (C=O) groups excluding carboxylic acids is 3. The maximum Gasteiger partial charge on any atom is 0.319 e. The highest BCUT2D eigenvalue weighted by molar-refractivity contribution is 5.96. The van der Waals surface area contributed by atoms with Gasteiger partial charge < -0.3 is 92.1 Å². The van der Waals surface area contributed by atoms with Crippen molar-refractivity contribution in [1.29, 1.82) is 0 Å². The number of urea groups is 1. The van der Waals surface area contributed by atoms with Crippen LogP contribution in [0.5, 0.6) is 0 Å². The van der Waals surface area contributed by atoms with Gasteiger partial charge in [0.2, 0.25) is 5.91 Å². The van der Waals surface area contributed by atoms with Crippen LogP contribution in [0.1, 0.15) is 89.4 Å². The zero-order valence-electron chi connectivity index (χ0n) is 42.9. The van der Waals surface area contributed by atoms with E-state index in [-0.39, 0.29) is 42.9 Å². The Kier molecular flexibility index (Phi) is 25.6. The summed E-state index contributed by atoms with van der Waals surface area (Å²) in [6.45, 7) is 6.75. The van der Waals surface area contributed by atoms with Gasteiger partial charge in [0.25, 0.3) is 0 Å². The first-order chi connectivity index (χ1) is 35.5. The third kappa shape index (κ3) is 20.8. The first-order valence-corrected chi connectivity index (χ1v) is 25.4. The summed E-state index contributed by atoms with van der Waals surface area (Å²) >= 11 is 0. The number of anilines is 1. The van der Waals surface area contributed by atoms with E-state index in [1.165, 1.54) is 24.3 Å². The zero-order chi connectivity index (χ0) is 55.4. The molecular weight excluding hydrogens is 977 g/mol. The lowest BCUT2D eigenvalue weighted by Crippen LogP contribution is -2.63. The summed E-state index contributed by atoms with van der Waals surface area (Å²) in [7, 11) is 0. The predicted molar refractivity (Wildman–Crippen MR) is 277 cm³/mol. The summed E-state index contributed by atoms with van der Waals surface area (Å²) in [4.78, 5) is 38.1. The minimum Gasteiger partial charge on any atom is -0.462 e. The molecule has 16 N–H and O–H groups in total. The molecule has 21 nitrogen and oxygen atoms in total. The van der Waals surface area contributed by atoms with Crippen LogP contribution in [0.15, 0.2) is 109 Å². The zero-order valence-corrected chi connectivity index (χ0v) is 42.9. The van der Waals surface area contributed by atoms with Crippen LogP contribution in [0.3, 0.4) is 0 Å². The van der Waals surface area contributed by atoms with E-state index in [9.17, 15) is 65.4 Å². The van der Waals surface area contributed by atoms with E-state index in [0.29, 0.717) is 0 Å². The van der Waals surface area contributed by atoms with Crippen molar-refractivity contribution in [3.05, 3.63) is 115 Å². The second-order valence-corrected chi connectivity index (χ2v) is 19.8. The molecule has 3 aliphatic rings. The maximum atomic E-state index is 13.5. The van der Waals surface area contributed by atoms with Crippen LogP contribution in [0, 0.1) is 11.8 Å². The number of amides is 3. The van der Waals surface area contributed by atoms with Crippen molar-refractivity contribution in [2.75, 3.05) is 5.32 Å². The molecule has 0 radical (unpaired) electrons. The Morgan fingerprint density at radius 3 is 1.93 bits per heavy atom. The van der Waals surface area contributed by atoms with Crippen LogP contribution in [0.2, 0.25) is 0 Å². The van der Waals surface area contributed by atoms with Crippen LogP contribution in [-0.2, 0) is 23.7 Å². The number of esters is 1. The van der Waals surface area contributed by atoms with E-state index in [0.717, 1.165) is 0 Å². The smallest absolute Gasteiger partial charge is 0.319 e. The number of ether oxygens (including phenoxy) is 4. The van der Waals surface area contributed by atoms with Crippen molar-refractivity contribution in [3.63, 3.8) is 0 Å². The number of benzene rings is 1. The van der Waals surface area contributed by atoms with Crippen molar-refractivity contribution >= 4 is 23.6 Å². The number of aliphatic hydroxyl groups is 10. The third-order valence-corrected chi connectivity index (χ3v) is 13.4. The fraction of sp³-hybridized carbons (Fsp3) is 0.574. The first kappa shape index (κ1) is 62.6. The van der Waals surface area contributed by atoms with Crippen molar-refractivity contribution < 1.29 is 84.4 Å². The third-order valence-electron chi connectivity index (χ3n) is 13.4. The van der Waals surface area contributed by atoms with E-state index >= 15 is 0 Å². The van der Waals surface area contributed by atoms with E-state index in [1.807, 2.05) is 25.2 Å². The molecule has 3 aliphatic heterocycles. The highest BCUT2D eigenvalue weighted by Gasteiger charge is 2.49. The number of nitrogens with one attached hydrogen (secondary N) is 2. The number of hydrogen-bond acceptors (Lipinski definition) is 18. The van der Waals surface area contributed by atoms with E-state index in [2.05, 4.69) is 10.6 Å². The van der Waals surface area contributed by atoms with Crippen molar-refractivity contribution in [2.45, 2.75) is 183 Å². The molecule has 0 aliphatic carbocycles. The average Bonchev–Trinajstić information content (AvgIpc) is 3.34. The number of carbonyl (C=O) groups is 3. The lowest BCUT2D eigenvalue weighted by atomic mass is 9.87. The predicted octanol–water partition coefficient (Wildman–Crippen LogP) is 1.30. The van der Waals surface area contributed by atoms with Gasteiger partial charge in [-0.3, -0.25) is 9.59 Å². The van der Waals surface area contributed by atoms with E-state index < -0.39 is 153 Å². The van der Waals surface area contributed by atoms with Gasteiger partial charge in [0.05, 0.1) is 85.6 Å². The molecule has 2 bridgehead atoms. The highest BCUT2D eigenvalue weighted by atomic mass is 16.7. The number of hydrogen-bond donors (Lipinski definition) is 14. The van der Waals surface area contributed by atoms with Gasteiger partial charge in [-0.25, -0.2) is 4.79 Å². The monoisotopic (exact) mass is 1060 g/mol. The number of aliphatic hydroxyl groups excluding tert-OH is 9. The molecule has 21 heteroatoms. The van der Waals surface area contributed by atoms with Crippen LogP contribution in [0.25, 0.3) is 0 Å². The van der Waals surface area contributed by atoms with E-state index in [4.69, 9.17) is 30.4 Å². The molecule has 0 unspecified atom stereocenters. The molecule has 4 rings (SSSR count). The minimum atomic E-state index is -2.33. The van der Waals surface area contributed by atoms with Gasteiger partial charge in [0, 0.05) is 48.8 Å². The van der Waals surface area contributed by atoms with Crippen LogP contribution in [0.4, 0.5) is 10.5 Å². The van der Waals surface area contributed by atoms with Crippen LogP contribution >= 0.6 is 0 Å². The molecule has 3 heterocycles. The molecular formula is C54H80N4O17. The Bertz CT molecular complexity index is 2170. The SMILES string of the molecule is C[C@@H]1[C@H](O)[C@@H](C)/C=C/C=C/C=C/C=C/C=C/C=C/C=C/[C@H](O[C@@H]2O[C@H](C)[C@@H](O)[C@H](N)[C@@H]2O)C[C@@H]2O[C@](O)(C[C@@H](O)C[C@@H](O)[C@H](O)CC[C@@H](O)C[C@@H](O)CC(=O)O[C@H]1C)C[C@H](O)[C@H]2NC(=O)Nc1cccc(C(N)=O)c1. The lowest BCUT2D eigenvalue weighted by molar-refractivity contribution is -0.302. The molecule has 0 aromatic heterocycles. The van der Waals surface area contributed by atoms with Gasteiger partial charge in [-0.2, -0.15) is 0 Å². The minimum absolute atomic E-state index is 0.107. The quantitative estimate of drug-likeness (QED) is 0.185. The Morgan fingerprint density at radius 2 is 1.31 bits per heavy atom. The number of allylic oxidation sites excluding steroid dienone is 12. The number of cyclic esters (lactones) is 1. The molecule has 0 saturated carbocycles. The molecule has 75 heavy (non-hydrogen) atoms. The summed E-state index contributed by atoms with van der Waals surface area (Å²) in [6, 6.07) is 2.46. The second-order valence-electron chi connectivity index (χ2n) is 19.8. The standard InChI is InChI=1S/C54H80N4O17/c1-31-18-15-13-11-9-7-5-6-8-10-12-14-16-21-40(74-52-50(68)46(55)49(67)34(4)73-52)28-44-47(58-53(70)57-36-20-17-19-35(24-36)51(56)69)43(64)30-54(71,75-44)29-39(61)26-42(63)41(62)23-22-37(59)25-38(60)27-45(65)72-33(3)32(2)48(31)66/h5-21,24,31-34,37-44,46-50,52,59-64,66-68,71H,22-23,25-30,55H2,1-4H3,(H2,56,69)(H2,57,58,70)/b6-5+,9-7+,10-8+,13-11+,14-12+,18-15+,21-16+/t31-,32-,33-,34+,37+,38+,39-,40-,41+,42+,43-,44-,46-,47+,48+,49+,50-,52-,54+/m0/s1. The normalized spacial score (nSPS) is 40.8. The average molecular weight is 1060 g/mol. The largest absolute Gasteiger partial charge is 0.462 e. The molecule has 418 valence electrons. The Balaban J connectivity index is 1.63. The van der Waals surface area contributed by atoms with Crippen molar-refractivity contribution in [3.8, 4) is 0 Å². The van der Waals surface area contributed by atoms with Gasteiger partial charge in [-0.15, -0.1) is 0 Å². The lowest BCUT2D eigenvalue weighted by Gasteiger charge is -2.46. The summed E-state index contributed by atoms with van der Waals surface area (Å²) < 4.78 is 23.8. The number of primary amides is 1.